The van der Waals surface area contributed by atoms with Crippen molar-refractivity contribution in [3.05, 3.63) is 71.5 Å². The maximum absolute atomic E-state index is 11.9. The number of carbonyl (C=O) groups is 1. The van der Waals surface area contributed by atoms with Gasteiger partial charge in [0, 0.05) is 6.54 Å². The summed E-state index contributed by atoms with van der Waals surface area (Å²) in [5.74, 6) is -0.0751. The molecule has 0 radical (unpaired) electrons. The van der Waals surface area contributed by atoms with E-state index in [-0.39, 0.29) is 34.8 Å². The first-order valence-corrected chi connectivity index (χ1v) is 12.1. The van der Waals surface area contributed by atoms with Crippen LogP contribution in [-0.2, 0) is 16.0 Å². The molecule has 4 atom stereocenters. The molecule has 1 fully saturated rings. The zero-order chi connectivity index (χ0) is 27.7. The fourth-order valence-electron chi connectivity index (χ4n) is 4.72. The molecule has 2 aromatic heterocycles. The molecule has 1 aliphatic rings. The van der Waals surface area contributed by atoms with E-state index >= 15 is 0 Å². The summed E-state index contributed by atoms with van der Waals surface area (Å²) >= 11 is 0. The lowest BCUT2D eigenvalue weighted by Gasteiger charge is -2.21. The predicted octanol–water partition coefficient (Wildman–Crippen LogP) is 1.56. The number of hydrogen-bond acceptors (Lipinski definition) is 11. The van der Waals surface area contributed by atoms with Gasteiger partial charge in [0.15, 0.2) is 11.9 Å². The van der Waals surface area contributed by atoms with Crippen LogP contribution in [0.1, 0.15) is 27.7 Å². The zero-order valence-corrected chi connectivity index (χ0v) is 20.9. The summed E-state index contributed by atoms with van der Waals surface area (Å²) in [5.41, 5.74) is 9.52. The summed E-state index contributed by atoms with van der Waals surface area (Å²) in [6.07, 6.45) is -3.69. The number of benzene rings is 2. The minimum absolute atomic E-state index is 0.0728. The molecule has 6 N–H and O–H groups in total. The average Bonchev–Trinajstić information content (AvgIpc) is 3.44. The van der Waals surface area contributed by atoms with Crippen LogP contribution >= 0.6 is 0 Å². The van der Waals surface area contributed by atoms with Gasteiger partial charge in [-0.2, -0.15) is 5.26 Å². The number of fused-ring (bicyclic) bond motifs is 1. The highest BCUT2D eigenvalue weighted by Crippen LogP contribution is 2.39. The molecule has 3 heterocycles. The van der Waals surface area contributed by atoms with E-state index < -0.39 is 37.1 Å². The number of aliphatic hydroxyl groups excluding tert-OH is 3. The fraction of sp³-hybridized carbons (Fsp3) is 0.259. The molecule has 200 valence electrons. The lowest BCUT2D eigenvalue weighted by Crippen LogP contribution is -2.33. The molecule has 12 nitrogen and oxygen atoms in total. The third-order valence-electron chi connectivity index (χ3n) is 6.73. The van der Waals surface area contributed by atoms with E-state index in [9.17, 15) is 25.4 Å². The number of hydrogen-bond donors (Lipinski definition) is 5. The van der Waals surface area contributed by atoms with Crippen LogP contribution in [0.2, 0.25) is 0 Å². The monoisotopic (exact) mass is 530 g/mol. The lowest BCUT2D eigenvalue weighted by molar-refractivity contribution is -0.0499. The van der Waals surface area contributed by atoms with Crippen LogP contribution in [0, 0.1) is 11.3 Å². The summed E-state index contributed by atoms with van der Waals surface area (Å²) in [5, 5.41) is 44.1. The van der Waals surface area contributed by atoms with Crippen LogP contribution in [0.15, 0.2) is 54.9 Å². The highest BCUT2D eigenvalue weighted by molar-refractivity contribution is 5.97. The minimum atomic E-state index is -1.40. The van der Waals surface area contributed by atoms with Gasteiger partial charge in [0.25, 0.3) is 0 Å². The first-order valence-electron chi connectivity index (χ1n) is 12.1. The van der Waals surface area contributed by atoms with E-state index in [1.54, 1.807) is 18.2 Å². The Hall–Kier alpha value is -4.54. The molecular formula is C27H26N6O6. The summed E-state index contributed by atoms with van der Waals surface area (Å²) in [7, 11) is 1.33. The number of nitrogens with zero attached hydrogens (tertiary/aromatic N) is 4. The van der Waals surface area contributed by atoms with Gasteiger partial charge in [-0.05, 0) is 28.8 Å². The van der Waals surface area contributed by atoms with Crippen molar-refractivity contribution in [3.63, 3.8) is 0 Å². The Kier molecular flexibility index (Phi) is 7.14. The standard InChI is InChI=1S/C27H26N6O6/c1-38-27(37)17-4-2-3-16(9-17)15-7-5-14(6-8-15)11-30-24-18(10-28)20-23(29)31-13-32-25(20)33(24)26-22(36)21(35)19(12-34)39-26/h2-9,13,19,21-22,26,30,34-36H,11-12H2,1H3,(H2,29,31,32)/t19-,21-,22-,26-/m1/s1. The first kappa shape index (κ1) is 26.1. The molecule has 2 aromatic carbocycles. The number of rotatable bonds is 7. The van der Waals surface area contributed by atoms with Gasteiger partial charge >= 0.3 is 5.97 Å². The Bertz CT molecular complexity index is 1560. The van der Waals surface area contributed by atoms with Crippen molar-refractivity contribution in [2.45, 2.75) is 31.1 Å². The average molecular weight is 531 g/mol. The van der Waals surface area contributed by atoms with Crippen molar-refractivity contribution in [2.75, 3.05) is 24.8 Å². The molecule has 0 saturated carbocycles. The summed E-state index contributed by atoms with van der Waals surface area (Å²) in [4.78, 5) is 20.1. The third-order valence-corrected chi connectivity index (χ3v) is 6.73. The number of ether oxygens (including phenoxy) is 2. The van der Waals surface area contributed by atoms with E-state index in [1.165, 1.54) is 18.0 Å². The highest BCUT2D eigenvalue weighted by Gasteiger charge is 2.45. The third kappa shape index (κ3) is 4.64. The van der Waals surface area contributed by atoms with Crippen LogP contribution in [0.3, 0.4) is 0 Å². The molecule has 39 heavy (non-hydrogen) atoms. The molecule has 0 amide bonds. The highest BCUT2D eigenvalue weighted by atomic mass is 16.6. The number of nitrogen functional groups attached to an aromatic ring is 1. The molecule has 0 bridgehead atoms. The molecule has 1 aliphatic heterocycles. The van der Waals surface area contributed by atoms with E-state index in [0.717, 1.165) is 16.7 Å². The molecule has 0 unspecified atom stereocenters. The van der Waals surface area contributed by atoms with Crippen LogP contribution < -0.4 is 11.1 Å². The van der Waals surface area contributed by atoms with Gasteiger partial charge in [-0.25, -0.2) is 14.8 Å². The summed E-state index contributed by atoms with van der Waals surface area (Å²) < 4.78 is 12.0. The number of methoxy groups -OCH3 is 1. The quantitative estimate of drug-likeness (QED) is 0.218. The Labute approximate surface area is 222 Å². The second-order valence-corrected chi connectivity index (χ2v) is 9.01. The largest absolute Gasteiger partial charge is 0.465 e. The second kappa shape index (κ2) is 10.7. The van der Waals surface area contributed by atoms with E-state index in [2.05, 4.69) is 21.4 Å². The van der Waals surface area contributed by atoms with Gasteiger partial charge in [-0.3, -0.25) is 4.57 Å². The molecule has 5 rings (SSSR count). The normalized spacial score (nSPS) is 20.6. The SMILES string of the molecule is COC(=O)c1cccc(-c2ccc(CNc3c(C#N)c4c(N)ncnc4n3[C@@H]3O[C@H](CO)[C@@H](O)[C@H]3O)cc2)c1. The van der Waals surface area contributed by atoms with Crippen LogP contribution in [0.25, 0.3) is 22.2 Å². The maximum atomic E-state index is 11.9. The number of esters is 1. The number of nitrogens with one attached hydrogen (secondary N) is 1. The van der Waals surface area contributed by atoms with Crippen molar-refractivity contribution in [3.8, 4) is 17.2 Å². The van der Waals surface area contributed by atoms with Crippen LogP contribution in [0.5, 0.6) is 0 Å². The number of carbonyl (C=O) groups excluding carboxylic acids is 1. The summed E-state index contributed by atoms with van der Waals surface area (Å²) in [6, 6.07) is 16.8. The van der Waals surface area contributed by atoms with Crippen molar-refractivity contribution < 1.29 is 29.6 Å². The van der Waals surface area contributed by atoms with E-state index in [4.69, 9.17) is 15.2 Å². The minimum Gasteiger partial charge on any atom is -0.465 e. The first-order chi connectivity index (χ1) is 18.9. The number of anilines is 2. The smallest absolute Gasteiger partial charge is 0.337 e. The Balaban J connectivity index is 1.47. The Morgan fingerprint density at radius 1 is 1.18 bits per heavy atom. The van der Waals surface area contributed by atoms with Gasteiger partial charge in [-0.1, -0.05) is 36.4 Å². The van der Waals surface area contributed by atoms with Gasteiger partial charge in [0.2, 0.25) is 0 Å². The number of nitriles is 1. The molecule has 0 spiro atoms. The number of aliphatic hydroxyl groups is 3. The number of nitrogens with two attached hydrogens (primary N) is 1. The summed E-state index contributed by atoms with van der Waals surface area (Å²) in [6.45, 7) is -0.233. The van der Waals surface area contributed by atoms with Crippen molar-refractivity contribution in [1.82, 2.24) is 14.5 Å². The van der Waals surface area contributed by atoms with Crippen molar-refractivity contribution >= 4 is 28.6 Å². The lowest BCUT2D eigenvalue weighted by atomic mass is 10.0. The van der Waals surface area contributed by atoms with Gasteiger partial charge in [0.1, 0.15) is 47.9 Å². The zero-order valence-electron chi connectivity index (χ0n) is 20.9. The topological polar surface area (TPSA) is 189 Å². The Morgan fingerprint density at radius 3 is 2.62 bits per heavy atom. The molecular weight excluding hydrogens is 504 g/mol. The van der Waals surface area contributed by atoms with Gasteiger partial charge in [-0.15, -0.1) is 0 Å². The molecule has 4 aromatic rings. The molecule has 0 aliphatic carbocycles. The van der Waals surface area contributed by atoms with Crippen molar-refractivity contribution in [1.29, 1.82) is 5.26 Å². The molecule has 12 heteroatoms. The van der Waals surface area contributed by atoms with Gasteiger partial charge in [0.05, 0.1) is 24.7 Å². The van der Waals surface area contributed by atoms with Crippen molar-refractivity contribution in [2.24, 2.45) is 0 Å². The Morgan fingerprint density at radius 2 is 1.95 bits per heavy atom. The van der Waals surface area contributed by atoms with E-state index in [0.29, 0.717) is 5.56 Å². The molecule has 1 saturated heterocycles. The second-order valence-electron chi connectivity index (χ2n) is 9.01. The van der Waals surface area contributed by atoms with Crippen LogP contribution in [0.4, 0.5) is 11.6 Å². The fourth-order valence-corrected chi connectivity index (χ4v) is 4.72. The predicted molar refractivity (Wildman–Crippen MR) is 140 cm³/mol. The maximum Gasteiger partial charge on any atom is 0.337 e. The van der Waals surface area contributed by atoms with Crippen LogP contribution in [-0.4, -0.2) is 67.9 Å². The van der Waals surface area contributed by atoms with Gasteiger partial charge < -0.3 is 35.8 Å². The number of aromatic nitrogens is 3. The van der Waals surface area contributed by atoms with E-state index in [1.807, 2.05) is 30.3 Å².